The fourth-order valence-corrected chi connectivity index (χ4v) is 6.70. The van der Waals surface area contributed by atoms with Gasteiger partial charge in [0.05, 0.1) is 16.5 Å². The Labute approximate surface area is 211 Å². The predicted octanol–water partition coefficient (Wildman–Crippen LogP) is 2.84. The summed E-state index contributed by atoms with van der Waals surface area (Å²) in [7, 11) is 0.506. The first-order valence-corrected chi connectivity index (χ1v) is 13.4. The van der Waals surface area contributed by atoms with E-state index in [2.05, 4.69) is 19.9 Å². The minimum absolute atomic E-state index is 0.0351. The summed E-state index contributed by atoms with van der Waals surface area (Å²) in [6, 6.07) is 5.93. The van der Waals surface area contributed by atoms with Crippen LogP contribution in [0, 0.1) is 6.92 Å². The number of nitrogens with zero attached hydrogens (tertiary/aromatic N) is 8. The molecule has 0 bridgehead atoms. The molecule has 1 saturated heterocycles. The molecule has 3 aromatic heterocycles. The molecule has 1 fully saturated rings. The fourth-order valence-electron chi connectivity index (χ4n) is 5.61. The molecule has 2 aliphatic heterocycles. The van der Waals surface area contributed by atoms with Crippen LogP contribution in [0.1, 0.15) is 31.2 Å². The molecule has 4 aromatic rings. The average molecular weight is 503 g/mol. The normalized spacial score (nSPS) is 20.6. The molecular formula is C25H26N8O2S. The van der Waals surface area contributed by atoms with Gasteiger partial charge in [-0.2, -0.15) is 0 Å². The van der Waals surface area contributed by atoms with Gasteiger partial charge in [0.1, 0.15) is 34.7 Å². The summed E-state index contributed by atoms with van der Waals surface area (Å²) in [5, 5.41) is 0. The number of carbonyl (C=O) groups is 1. The molecule has 10 nitrogen and oxygen atoms in total. The van der Waals surface area contributed by atoms with E-state index in [1.807, 2.05) is 40.9 Å². The molecule has 6 rings (SSSR count). The van der Waals surface area contributed by atoms with Crippen LogP contribution in [-0.4, -0.2) is 63.8 Å². The van der Waals surface area contributed by atoms with Crippen molar-refractivity contribution in [1.29, 1.82) is 0 Å². The first kappa shape index (κ1) is 22.9. The van der Waals surface area contributed by atoms with Crippen molar-refractivity contribution in [2.75, 3.05) is 24.7 Å². The standard InChI is InChI=1S/C25H26N8O2S/c1-5-32-22(17-12-26-15(2)27-13-17)30-21-20(28-14-29-23(21)32)16-7-8-19-18(11-16)25(24(34)31(19)3)9-6-10-33(25)36(4)35/h7-8,11-14H,5-6,9-10H2,1-4H3. The molecule has 2 unspecified atom stereocenters. The first-order chi connectivity index (χ1) is 17.4. The third-order valence-electron chi connectivity index (χ3n) is 7.26. The van der Waals surface area contributed by atoms with Crippen molar-refractivity contribution in [3.05, 3.63) is 48.3 Å². The van der Waals surface area contributed by atoms with Gasteiger partial charge in [-0.05, 0) is 38.8 Å². The quantitative estimate of drug-likeness (QED) is 0.422. The minimum atomic E-state index is -1.28. The van der Waals surface area contributed by atoms with Gasteiger partial charge in [-0.25, -0.2) is 33.4 Å². The monoisotopic (exact) mass is 502 g/mol. The average Bonchev–Trinajstić information content (AvgIpc) is 3.55. The first-order valence-electron chi connectivity index (χ1n) is 11.9. The summed E-state index contributed by atoms with van der Waals surface area (Å²) in [5.41, 5.74) is 4.51. The Balaban J connectivity index is 1.55. The largest absolute Gasteiger partial charge is 0.313 e. The second-order valence-electron chi connectivity index (χ2n) is 9.18. The topological polar surface area (TPSA) is 110 Å². The van der Waals surface area contributed by atoms with Crippen LogP contribution in [0.25, 0.3) is 33.8 Å². The second-order valence-corrected chi connectivity index (χ2v) is 10.5. The van der Waals surface area contributed by atoms with E-state index in [9.17, 15) is 9.00 Å². The van der Waals surface area contributed by atoms with E-state index in [1.165, 1.54) is 0 Å². The summed E-state index contributed by atoms with van der Waals surface area (Å²) < 4.78 is 16.5. The zero-order chi connectivity index (χ0) is 25.2. The predicted molar refractivity (Wildman–Crippen MR) is 137 cm³/mol. The van der Waals surface area contributed by atoms with E-state index in [4.69, 9.17) is 4.98 Å². The van der Waals surface area contributed by atoms with Crippen molar-refractivity contribution < 1.29 is 9.00 Å². The number of anilines is 1. The van der Waals surface area contributed by atoms with E-state index in [1.54, 1.807) is 36.9 Å². The number of fused-ring (bicyclic) bond motifs is 3. The molecule has 0 saturated carbocycles. The molecular weight excluding hydrogens is 476 g/mol. The Kier molecular flexibility index (Phi) is 5.23. The molecule has 0 aliphatic carbocycles. The molecule has 2 aliphatic rings. The highest BCUT2D eigenvalue weighted by molar-refractivity contribution is 7.81. The molecule has 36 heavy (non-hydrogen) atoms. The number of imidazole rings is 1. The van der Waals surface area contributed by atoms with Gasteiger partial charge in [-0.3, -0.25) is 4.79 Å². The SMILES string of the molecule is CCn1c(-c2cnc(C)nc2)nc2c(-c3ccc4c(c3)C3(CCCN3S(C)=O)C(=O)N4C)ncnc21. The maximum atomic E-state index is 13.5. The van der Waals surface area contributed by atoms with Crippen LogP contribution in [0.3, 0.4) is 0 Å². The Morgan fingerprint density at radius 1 is 1.11 bits per heavy atom. The lowest BCUT2D eigenvalue weighted by Crippen LogP contribution is -2.49. The lowest BCUT2D eigenvalue weighted by molar-refractivity contribution is -0.125. The molecule has 1 spiro atoms. The Hall–Kier alpha value is -3.57. The number of aryl methyl sites for hydroxylation is 2. The van der Waals surface area contributed by atoms with Crippen LogP contribution in [-0.2, 0) is 27.9 Å². The lowest BCUT2D eigenvalue weighted by atomic mass is 9.88. The molecule has 11 heteroatoms. The number of benzene rings is 1. The van der Waals surface area contributed by atoms with Crippen molar-refractivity contribution >= 4 is 33.7 Å². The number of hydrogen-bond donors (Lipinski definition) is 0. The number of carbonyl (C=O) groups excluding carboxylic acids is 1. The van der Waals surface area contributed by atoms with Gasteiger partial charge in [0.15, 0.2) is 5.65 Å². The third-order valence-corrected chi connectivity index (χ3v) is 8.37. The number of rotatable bonds is 4. The van der Waals surface area contributed by atoms with Gasteiger partial charge in [-0.15, -0.1) is 0 Å². The van der Waals surface area contributed by atoms with Crippen LogP contribution in [0.15, 0.2) is 36.9 Å². The summed E-state index contributed by atoms with van der Waals surface area (Å²) in [6.45, 7) is 5.17. The Bertz CT molecular complexity index is 1550. The third kappa shape index (κ3) is 3.09. The number of aromatic nitrogens is 6. The van der Waals surface area contributed by atoms with Crippen LogP contribution in [0.2, 0.25) is 0 Å². The minimum Gasteiger partial charge on any atom is -0.313 e. The molecule has 5 heterocycles. The van der Waals surface area contributed by atoms with Crippen LogP contribution < -0.4 is 4.90 Å². The molecule has 184 valence electrons. The molecule has 1 aromatic carbocycles. The molecule has 0 N–H and O–H groups in total. The van der Waals surface area contributed by atoms with Crippen LogP contribution >= 0.6 is 0 Å². The highest BCUT2D eigenvalue weighted by Crippen LogP contribution is 2.51. The van der Waals surface area contributed by atoms with Crippen molar-refractivity contribution in [3.63, 3.8) is 0 Å². The maximum absolute atomic E-state index is 13.5. The van der Waals surface area contributed by atoms with E-state index < -0.39 is 16.5 Å². The molecule has 0 radical (unpaired) electrons. The summed E-state index contributed by atoms with van der Waals surface area (Å²) in [5.74, 6) is 1.39. The maximum Gasteiger partial charge on any atom is 0.252 e. The van der Waals surface area contributed by atoms with Gasteiger partial charge in [0, 0.05) is 55.6 Å². The van der Waals surface area contributed by atoms with Crippen molar-refractivity contribution in [2.24, 2.45) is 0 Å². The molecule has 2 atom stereocenters. The lowest BCUT2D eigenvalue weighted by Gasteiger charge is -2.31. The fraction of sp³-hybridized carbons (Fsp3) is 0.360. The highest BCUT2D eigenvalue weighted by Gasteiger charge is 2.57. The number of amides is 1. The molecule has 1 amide bonds. The van der Waals surface area contributed by atoms with Gasteiger partial charge in [0.2, 0.25) is 0 Å². The van der Waals surface area contributed by atoms with E-state index in [0.717, 1.165) is 40.3 Å². The second kappa shape index (κ2) is 8.24. The number of likely N-dealkylation sites (N-methyl/N-ethyl adjacent to an activating group) is 1. The smallest absolute Gasteiger partial charge is 0.252 e. The van der Waals surface area contributed by atoms with Crippen LogP contribution in [0.4, 0.5) is 5.69 Å². The summed E-state index contributed by atoms with van der Waals surface area (Å²) in [6.07, 6.45) is 8.16. The van der Waals surface area contributed by atoms with Gasteiger partial charge in [-0.1, -0.05) is 6.07 Å². The van der Waals surface area contributed by atoms with Crippen molar-refractivity contribution in [3.8, 4) is 22.6 Å². The van der Waals surface area contributed by atoms with Crippen molar-refractivity contribution in [2.45, 2.75) is 38.8 Å². The highest BCUT2D eigenvalue weighted by atomic mass is 32.2. The number of hydrogen-bond acceptors (Lipinski definition) is 7. The zero-order valence-electron chi connectivity index (χ0n) is 20.6. The van der Waals surface area contributed by atoms with E-state index >= 15 is 0 Å². The van der Waals surface area contributed by atoms with E-state index in [0.29, 0.717) is 36.5 Å². The van der Waals surface area contributed by atoms with E-state index in [-0.39, 0.29) is 5.91 Å². The summed E-state index contributed by atoms with van der Waals surface area (Å²) >= 11 is 0. The Morgan fingerprint density at radius 3 is 2.61 bits per heavy atom. The van der Waals surface area contributed by atoms with Crippen LogP contribution in [0.5, 0.6) is 0 Å². The zero-order valence-corrected chi connectivity index (χ0v) is 21.4. The Morgan fingerprint density at radius 2 is 1.89 bits per heavy atom. The summed E-state index contributed by atoms with van der Waals surface area (Å²) in [4.78, 5) is 38.0. The van der Waals surface area contributed by atoms with Gasteiger partial charge >= 0.3 is 0 Å². The van der Waals surface area contributed by atoms with Gasteiger partial charge in [0.25, 0.3) is 5.91 Å². The van der Waals surface area contributed by atoms with Crippen molar-refractivity contribution in [1.82, 2.24) is 33.8 Å². The van der Waals surface area contributed by atoms with Gasteiger partial charge < -0.3 is 9.47 Å².